The first-order valence-corrected chi connectivity index (χ1v) is 7.39. The molecule has 0 spiro atoms. The number of hydrogen-bond acceptors (Lipinski definition) is 3. The Hall–Kier alpha value is -1.29. The Labute approximate surface area is 121 Å². The second-order valence-electron chi connectivity index (χ2n) is 4.96. The highest BCUT2D eigenvalue weighted by atomic mass is 79.9. The minimum absolute atomic E-state index is 0.144. The quantitative estimate of drug-likeness (QED) is 0.669. The van der Waals surface area contributed by atoms with Crippen LogP contribution in [0.25, 0.3) is 0 Å². The molecule has 1 aliphatic carbocycles. The van der Waals surface area contributed by atoms with Gasteiger partial charge < -0.3 is 10.1 Å². The lowest BCUT2D eigenvalue weighted by atomic mass is 9.79. The fraction of sp³-hybridized carbons (Fsp3) is 0.400. The van der Waals surface area contributed by atoms with Crippen LogP contribution in [0.4, 0.5) is 5.69 Å². The number of ether oxygens (including phenoxy) is 1. The first-order valence-electron chi connectivity index (χ1n) is 6.60. The smallest absolute Gasteiger partial charge is 0.328 e. The summed E-state index contributed by atoms with van der Waals surface area (Å²) in [4.78, 5) is 12.1. The van der Waals surface area contributed by atoms with Gasteiger partial charge in [-0.2, -0.15) is 0 Å². The number of benzene rings is 1. The number of allylic oxidation sites excluding steroid dienone is 2. The highest BCUT2D eigenvalue weighted by Gasteiger charge is 2.41. The van der Waals surface area contributed by atoms with Crippen LogP contribution in [0, 0.1) is 5.92 Å². The summed E-state index contributed by atoms with van der Waals surface area (Å²) in [6.07, 6.45) is 5.30. The summed E-state index contributed by atoms with van der Waals surface area (Å²) in [5, 5.41) is 3.34. The summed E-state index contributed by atoms with van der Waals surface area (Å²) in [6, 6.07) is 5.91. The van der Waals surface area contributed by atoms with E-state index in [0.29, 0.717) is 12.5 Å². The van der Waals surface area contributed by atoms with Gasteiger partial charge in [0.2, 0.25) is 0 Å². The molecule has 19 heavy (non-hydrogen) atoms. The lowest BCUT2D eigenvalue weighted by Crippen LogP contribution is -2.42. The van der Waals surface area contributed by atoms with E-state index in [1.54, 1.807) is 0 Å². The molecule has 1 heterocycles. The Bertz CT molecular complexity index is 541. The molecule has 0 saturated heterocycles. The molecule has 1 aliphatic heterocycles. The second kappa shape index (κ2) is 5.00. The standard InChI is InChI=1S/C15H16BrNO2/c1-2-19-15(18)14-11-5-3-4-10(11)12-8-9(16)6-7-13(12)17-14/h3-4,6-8,10-11,14,17H,2,5H2,1H3/t10-,11+,14-/m1/s1. The number of fused-ring (bicyclic) bond motifs is 3. The minimum atomic E-state index is -0.242. The fourth-order valence-corrected chi connectivity index (χ4v) is 3.41. The van der Waals surface area contributed by atoms with Crippen LogP contribution in [-0.2, 0) is 9.53 Å². The molecule has 0 saturated carbocycles. The van der Waals surface area contributed by atoms with Crippen molar-refractivity contribution in [2.24, 2.45) is 5.92 Å². The summed E-state index contributed by atoms with van der Waals surface area (Å²) < 4.78 is 6.26. The summed E-state index contributed by atoms with van der Waals surface area (Å²) in [5.41, 5.74) is 2.29. The third-order valence-electron chi connectivity index (χ3n) is 3.87. The minimum Gasteiger partial charge on any atom is -0.464 e. The molecule has 0 bridgehead atoms. The average Bonchev–Trinajstić information content (AvgIpc) is 2.87. The molecule has 1 aromatic rings. The van der Waals surface area contributed by atoms with Crippen LogP contribution in [0.3, 0.4) is 0 Å². The lowest BCUT2D eigenvalue weighted by molar-refractivity contribution is -0.145. The summed E-state index contributed by atoms with van der Waals surface area (Å²) >= 11 is 3.51. The average molecular weight is 322 g/mol. The number of esters is 1. The molecule has 2 aliphatic rings. The Morgan fingerprint density at radius 1 is 1.53 bits per heavy atom. The molecule has 0 aromatic heterocycles. The molecule has 0 radical (unpaired) electrons. The highest BCUT2D eigenvalue weighted by molar-refractivity contribution is 9.10. The number of halogens is 1. The molecule has 1 aromatic carbocycles. The Morgan fingerprint density at radius 3 is 3.16 bits per heavy atom. The summed E-state index contributed by atoms with van der Waals surface area (Å²) in [7, 11) is 0. The Balaban J connectivity index is 1.97. The molecule has 100 valence electrons. The third-order valence-corrected chi connectivity index (χ3v) is 4.36. The van der Waals surface area contributed by atoms with Gasteiger partial charge in [0.1, 0.15) is 6.04 Å². The van der Waals surface area contributed by atoms with Crippen molar-refractivity contribution in [2.75, 3.05) is 11.9 Å². The molecule has 4 heteroatoms. The van der Waals surface area contributed by atoms with Gasteiger partial charge in [0.05, 0.1) is 6.61 Å². The van der Waals surface area contributed by atoms with E-state index in [9.17, 15) is 4.79 Å². The molecule has 0 fully saturated rings. The van der Waals surface area contributed by atoms with Crippen LogP contribution in [0.5, 0.6) is 0 Å². The first-order chi connectivity index (χ1) is 9.20. The highest BCUT2D eigenvalue weighted by Crippen LogP contribution is 2.45. The molecule has 3 rings (SSSR count). The van der Waals surface area contributed by atoms with E-state index in [1.807, 2.05) is 19.1 Å². The van der Waals surface area contributed by atoms with Gasteiger partial charge in [0.15, 0.2) is 0 Å². The van der Waals surface area contributed by atoms with Gasteiger partial charge in [-0.05, 0) is 37.1 Å². The van der Waals surface area contributed by atoms with Crippen molar-refractivity contribution in [3.63, 3.8) is 0 Å². The van der Waals surface area contributed by atoms with Crippen molar-refractivity contribution < 1.29 is 9.53 Å². The van der Waals surface area contributed by atoms with E-state index in [4.69, 9.17) is 4.74 Å². The van der Waals surface area contributed by atoms with E-state index in [0.717, 1.165) is 16.6 Å². The topological polar surface area (TPSA) is 38.3 Å². The predicted octanol–water partition coefficient (Wildman–Crippen LogP) is 3.47. The van der Waals surface area contributed by atoms with Crippen LogP contribution >= 0.6 is 15.9 Å². The van der Waals surface area contributed by atoms with Gasteiger partial charge in [-0.25, -0.2) is 4.79 Å². The maximum atomic E-state index is 12.1. The SMILES string of the molecule is CCOC(=O)[C@@H]1Nc2ccc(Br)cc2[C@@H]2C=CC[C@H]12. The zero-order chi connectivity index (χ0) is 13.4. The lowest BCUT2D eigenvalue weighted by Gasteiger charge is -2.35. The van der Waals surface area contributed by atoms with Crippen molar-refractivity contribution in [1.29, 1.82) is 0 Å². The predicted molar refractivity (Wildman–Crippen MR) is 78.2 cm³/mol. The number of rotatable bonds is 2. The largest absolute Gasteiger partial charge is 0.464 e. The number of carbonyl (C=O) groups is 1. The van der Waals surface area contributed by atoms with Crippen LogP contribution in [0.2, 0.25) is 0 Å². The van der Waals surface area contributed by atoms with E-state index in [-0.39, 0.29) is 17.9 Å². The van der Waals surface area contributed by atoms with Gasteiger partial charge in [-0.1, -0.05) is 28.1 Å². The van der Waals surface area contributed by atoms with Crippen molar-refractivity contribution in [1.82, 2.24) is 0 Å². The monoisotopic (exact) mass is 321 g/mol. The maximum Gasteiger partial charge on any atom is 0.328 e. The van der Waals surface area contributed by atoms with E-state index < -0.39 is 0 Å². The normalized spacial score (nSPS) is 27.4. The molecule has 0 amide bonds. The van der Waals surface area contributed by atoms with Crippen LogP contribution in [0.1, 0.15) is 24.8 Å². The fourth-order valence-electron chi connectivity index (χ4n) is 3.03. The Morgan fingerprint density at radius 2 is 2.37 bits per heavy atom. The number of hydrogen-bond donors (Lipinski definition) is 1. The van der Waals surface area contributed by atoms with Crippen LogP contribution in [0.15, 0.2) is 34.8 Å². The summed E-state index contributed by atoms with van der Waals surface area (Å²) in [5.74, 6) is 0.429. The number of anilines is 1. The maximum absolute atomic E-state index is 12.1. The van der Waals surface area contributed by atoms with Gasteiger partial charge in [0.25, 0.3) is 0 Å². The zero-order valence-electron chi connectivity index (χ0n) is 10.7. The molecular formula is C15H16BrNO2. The van der Waals surface area contributed by atoms with Crippen molar-refractivity contribution in [3.05, 3.63) is 40.4 Å². The van der Waals surface area contributed by atoms with Gasteiger partial charge >= 0.3 is 5.97 Å². The molecule has 1 N–H and O–H groups in total. The van der Waals surface area contributed by atoms with Crippen LogP contribution < -0.4 is 5.32 Å². The molecule has 3 atom stereocenters. The third kappa shape index (κ3) is 2.18. The van der Waals surface area contributed by atoms with Gasteiger partial charge in [0, 0.05) is 22.0 Å². The molecule has 3 nitrogen and oxygen atoms in total. The number of carbonyl (C=O) groups excluding carboxylic acids is 1. The first kappa shape index (κ1) is 12.7. The van der Waals surface area contributed by atoms with E-state index in [2.05, 4.69) is 39.5 Å². The van der Waals surface area contributed by atoms with Crippen molar-refractivity contribution in [2.45, 2.75) is 25.3 Å². The second-order valence-corrected chi connectivity index (χ2v) is 5.87. The van der Waals surface area contributed by atoms with E-state index in [1.165, 1.54) is 5.56 Å². The number of nitrogens with one attached hydrogen (secondary N) is 1. The zero-order valence-corrected chi connectivity index (χ0v) is 12.3. The van der Waals surface area contributed by atoms with Crippen LogP contribution in [-0.4, -0.2) is 18.6 Å². The summed E-state index contributed by atoms with van der Waals surface area (Å²) in [6.45, 7) is 2.27. The van der Waals surface area contributed by atoms with Crippen molar-refractivity contribution >= 4 is 27.6 Å². The van der Waals surface area contributed by atoms with E-state index >= 15 is 0 Å². The molecular weight excluding hydrogens is 306 g/mol. The van der Waals surface area contributed by atoms with Gasteiger partial charge in [-0.3, -0.25) is 0 Å². The Kier molecular flexibility index (Phi) is 3.35. The van der Waals surface area contributed by atoms with Crippen molar-refractivity contribution in [3.8, 4) is 0 Å². The molecule has 0 unspecified atom stereocenters. The van der Waals surface area contributed by atoms with Gasteiger partial charge in [-0.15, -0.1) is 0 Å².